The van der Waals surface area contributed by atoms with Crippen molar-refractivity contribution in [3.8, 4) is 0 Å². The molecule has 0 aromatic rings. The van der Waals surface area contributed by atoms with Crippen LogP contribution in [0.1, 0.15) is 13.8 Å². The minimum absolute atomic E-state index is 0. The molecule has 0 aromatic heterocycles. The van der Waals surface area contributed by atoms with Gasteiger partial charge in [-0.1, -0.05) is 0 Å². The predicted octanol–water partition coefficient (Wildman–Crippen LogP) is 0.452. The van der Waals surface area contributed by atoms with Gasteiger partial charge in [0, 0.05) is 0 Å². The Kier molecular flexibility index (Phi) is 7.91. The van der Waals surface area contributed by atoms with Crippen LogP contribution in [0.4, 0.5) is 0 Å². The van der Waals surface area contributed by atoms with Crippen molar-refractivity contribution in [1.82, 2.24) is 0 Å². The van der Waals surface area contributed by atoms with Gasteiger partial charge < -0.3 is 15.3 Å². The fourth-order valence-corrected chi connectivity index (χ4v) is 2.66. The fourth-order valence-electron chi connectivity index (χ4n) is 0.531. The van der Waals surface area contributed by atoms with E-state index in [1.165, 1.54) is 13.8 Å². The van der Waals surface area contributed by atoms with E-state index in [9.17, 15) is 9.13 Å². The molecule has 0 aromatic carbocycles. The molecule has 14 heavy (non-hydrogen) atoms. The number of phosphoric ester groups is 1. The molecule has 4 N–H and O–H groups in total. The molecule has 0 heterocycles. The third kappa shape index (κ3) is 7.61. The SMILES string of the molecule is CCOP(=O)(OCC)OP(=O)(O)O.O. The maximum atomic E-state index is 11.3. The first-order valence-corrected chi connectivity index (χ1v) is 6.48. The van der Waals surface area contributed by atoms with Crippen LogP contribution in [0, 0.1) is 0 Å². The number of hydrogen-bond acceptors (Lipinski definition) is 5. The lowest BCUT2D eigenvalue weighted by molar-refractivity contribution is 0.149. The molecule has 0 amide bonds. The topological polar surface area (TPSA) is 134 Å². The lowest BCUT2D eigenvalue weighted by Gasteiger charge is -2.15. The third-order valence-corrected chi connectivity index (χ3v) is 3.58. The van der Waals surface area contributed by atoms with E-state index in [0.717, 1.165) is 0 Å². The number of phosphoric acid groups is 2. The molecule has 0 bridgehead atoms. The maximum absolute atomic E-state index is 11.3. The first kappa shape index (κ1) is 16.6. The van der Waals surface area contributed by atoms with Gasteiger partial charge in [-0.05, 0) is 13.8 Å². The van der Waals surface area contributed by atoms with Crippen LogP contribution in [-0.4, -0.2) is 28.5 Å². The number of rotatable bonds is 6. The van der Waals surface area contributed by atoms with Gasteiger partial charge in [0.05, 0.1) is 13.2 Å². The highest BCUT2D eigenvalue weighted by molar-refractivity contribution is 7.61. The lowest BCUT2D eigenvalue weighted by Crippen LogP contribution is -1.98. The van der Waals surface area contributed by atoms with Crippen molar-refractivity contribution in [2.24, 2.45) is 0 Å². The summed E-state index contributed by atoms with van der Waals surface area (Å²) in [5, 5.41) is 0. The molecule has 0 aliphatic rings. The molecule has 0 atom stereocenters. The van der Waals surface area contributed by atoms with E-state index in [2.05, 4.69) is 13.4 Å². The van der Waals surface area contributed by atoms with E-state index >= 15 is 0 Å². The van der Waals surface area contributed by atoms with Gasteiger partial charge in [-0.2, -0.15) is 4.31 Å². The minimum atomic E-state index is -4.86. The second kappa shape index (κ2) is 6.66. The Morgan fingerprint density at radius 3 is 1.64 bits per heavy atom. The van der Waals surface area contributed by atoms with E-state index in [4.69, 9.17) is 9.79 Å². The second-order valence-corrected chi connectivity index (χ2v) is 4.90. The zero-order valence-electron chi connectivity index (χ0n) is 7.74. The molecule has 10 heteroatoms. The summed E-state index contributed by atoms with van der Waals surface area (Å²) in [5.41, 5.74) is 0. The molecule has 0 rings (SSSR count). The maximum Gasteiger partial charge on any atom is 0.483 e. The Balaban J connectivity index is 0. The van der Waals surface area contributed by atoms with Crippen LogP contribution in [0.3, 0.4) is 0 Å². The van der Waals surface area contributed by atoms with E-state index in [0.29, 0.717) is 0 Å². The van der Waals surface area contributed by atoms with Gasteiger partial charge in [0.15, 0.2) is 0 Å². The summed E-state index contributed by atoms with van der Waals surface area (Å²) < 4.78 is 34.4. The molecule has 0 saturated heterocycles. The fraction of sp³-hybridized carbons (Fsp3) is 1.00. The van der Waals surface area contributed by atoms with Crippen LogP contribution in [0.25, 0.3) is 0 Å². The zero-order valence-corrected chi connectivity index (χ0v) is 9.53. The molecule has 0 saturated carbocycles. The molecule has 0 fully saturated rings. The van der Waals surface area contributed by atoms with Crippen LogP contribution in [0.2, 0.25) is 0 Å². The molecule has 0 aliphatic heterocycles. The average molecular weight is 252 g/mol. The van der Waals surface area contributed by atoms with Crippen molar-refractivity contribution < 1.29 is 37.8 Å². The lowest BCUT2D eigenvalue weighted by atomic mass is 10.9. The standard InChI is InChI=1S/C4H12O7P2.H2O/c1-3-9-13(8,10-4-2)11-12(5,6)7;/h3-4H2,1-2H3,(H2,5,6,7);1H2. The summed E-state index contributed by atoms with van der Waals surface area (Å²) in [6.45, 7) is 2.93. The van der Waals surface area contributed by atoms with Gasteiger partial charge in [0.1, 0.15) is 0 Å². The summed E-state index contributed by atoms with van der Waals surface area (Å²) in [6, 6.07) is 0. The van der Waals surface area contributed by atoms with E-state index in [1.807, 2.05) is 0 Å². The molecule has 8 nitrogen and oxygen atoms in total. The van der Waals surface area contributed by atoms with Gasteiger partial charge >= 0.3 is 15.6 Å². The monoisotopic (exact) mass is 252 g/mol. The Hall–Kier alpha value is 0.220. The highest BCUT2D eigenvalue weighted by atomic mass is 31.3. The zero-order chi connectivity index (χ0) is 10.5. The van der Waals surface area contributed by atoms with Crippen molar-refractivity contribution in [1.29, 1.82) is 0 Å². The molecule has 0 spiro atoms. The minimum Gasteiger partial charge on any atom is -0.412 e. The summed E-state index contributed by atoms with van der Waals surface area (Å²) in [7, 11) is -8.96. The van der Waals surface area contributed by atoms with Crippen molar-refractivity contribution in [2.75, 3.05) is 13.2 Å². The van der Waals surface area contributed by atoms with Crippen LogP contribution in [0.5, 0.6) is 0 Å². The van der Waals surface area contributed by atoms with Gasteiger partial charge in [-0.15, -0.1) is 0 Å². The van der Waals surface area contributed by atoms with Crippen LogP contribution in [-0.2, 0) is 22.5 Å². The Morgan fingerprint density at radius 2 is 1.43 bits per heavy atom. The smallest absolute Gasteiger partial charge is 0.412 e. The van der Waals surface area contributed by atoms with Crippen LogP contribution >= 0.6 is 15.6 Å². The Morgan fingerprint density at radius 1 is 1.07 bits per heavy atom. The van der Waals surface area contributed by atoms with E-state index in [1.54, 1.807) is 0 Å². The molecule has 0 radical (unpaired) electrons. The third-order valence-electron chi connectivity index (χ3n) is 0.781. The summed E-state index contributed by atoms with van der Waals surface area (Å²) in [4.78, 5) is 16.7. The van der Waals surface area contributed by atoms with Crippen molar-refractivity contribution >= 4 is 15.6 Å². The van der Waals surface area contributed by atoms with Crippen LogP contribution < -0.4 is 0 Å². The van der Waals surface area contributed by atoms with Gasteiger partial charge in [-0.25, -0.2) is 9.13 Å². The highest BCUT2D eigenvalue weighted by Gasteiger charge is 2.34. The highest BCUT2D eigenvalue weighted by Crippen LogP contribution is 2.60. The molecule has 88 valence electrons. The first-order valence-electron chi connectivity index (χ1n) is 3.49. The van der Waals surface area contributed by atoms with Gasteiger partial charge in [0.25, 0.3) is 0 Å². The van der Waals surface area contributed by atoms with Crippen molar-refractivity contribution in [3.63, 3.8) is 0 Å². The molecular weight excluding hydrogens is 238 g/mol. The molecule has 0 aliphatic carbocycles. The number of hydrogen-bond donors (Lipinski definition) is 2. The average Bonchev–Trinajstić information content (AvgIpc) is 1.82. The molecule has 0 unspecified atom stereocenters. The first-order chi connectivity index (χ1) is 5.83. The quantitative estimate of drug-likeness (QED) is 0.655. The summed E-state index contributed by atoms with van der Waals surface area (Å²) >= 11 is 0. The van der Waals surface area contributed by atoms with Gasteiger partial charge in [-0.3, -0.25) is 9.05 Å². The van der Waals surface area contributed by atoms with Crippen LogP contribution in [0.15, 0.2) is 0 Å². The predicted molar refractivity (Wildman–Crippen MR) is 47.6 cm³/mol. The summed E-state index contributed by atoms with van der Waals surface area (Å²) in [5.74, 6) is 0. The van der Waals surface area contributed by atoms with Crippen molar-refractivity contribution in [3.05, 3.63) is 0 Å². The largest absolute Gasteiger partial charge is 0.483 e. The van der Waals surface area contributed by atoms with E-state index in [-0.39, 0.29) is 18.7 Å². The van der Waals surface area contributed by atoms with E-state index < -0.39 is 15.6 Å². The second-order valence-electron chi connectivity index (χ2n) is 1.85. The van der Waals surface area contributed by atoms with Crippen molar-refractivity contribution in [2.45, 2.75) is 13.8 Å². The Labute approximate surface area is 81.3 Å². The van der Waals surface area contributed by atoms with Gasteiger partial charge in [0.2, 0.25) is 0 Å². The normalized spacial score (nSPS) is 12.3. The summed E-state index contributed by atoms with van der Waals surface area (Å²) in [6.07, 6.45) is 0. The Bertz CT molecular complexity index is 223. The molecular formula is C4H14O8P2.